The summed E-state index contributed by atoms with van der Waals surface area (Å²) in [6.45, 7) is 5.87. The highest BCUT2D eigenvalue weighted by atomic mass is 16.5. The van der Waals surface area contributed by atoms with E-state index in [1.807, 2.05) is 63.2 Å². The highest BCUT2D eigenvalue weighted by molar-refractivity contribution is 6.35. The Morgan fingerprint density at radius 1 is 0.886 bits per heavy atom. The molecule has 0 atom stereocenters. The molecule has 180 valence electrons. The molecule has 0 unspecified atom stereocenters. The Hall–Kier alpha value is -4.46. The first kappa shape index (κ1) is 25.2. The van der Waals surface area contributed by atoms with Crippen LogP contribution < -0.4 is 20.8 Å². The van der Waals surface area contributed by atoms with Crippen LogP contribution in [0.1, 0.15) is 27.8 Å². The van der Waals surface area contributed by atoms with Crippen molar-refractivity contribution < 1.29 is 19.1 Å². The highest BCUT2D eigenvalue weighted by Crippen LogP contribution is 2.18. The molecule has 0 spiro atoms. The van der Waals surface area contributed by atoms with E-state index in [2.05, 4.69) is 21.2 Å². The maximum atomic E-state index is 12.3. The minimum Gasteiger partial charge on any atom is -0.483 e. The largest absolute Gasteiger partial charge is 0.483 e. The van der Waals surface area contributed by atoms with Crippen LogP contribution in [0.2, 0.25) is 0 Å². The van der Waals surface area contributed by atoms with E-state index in [0.29, 0.717) is 11.3 Å². The molecule has 0 aromatic heterocycles. The van der Waals surface area contributed by atoms with Gasteiger partial charge in [-0.25, -0.2) is 5.43 Å². The molecule has 0 bridgehead atoms. The van der Waals surface area contributed by atoms with Crippen LogP contribution in [0.5, 0.6) is 5.75 Å². The van der Waals surface area contributed by atoms with Crippen LogP contribution in [0.4, 0.5) is 5.69 Å². The summed E-state index contributed by atoms with van der Waals surface area (Å²) in [5, 5.41) is 9.22. The van der Waals surface area contributed by atoms with Gasteiger partial charge in [0.1, 0.15) is 5.75 Å². The predicted octanol–water partition coefficient (Wildman–Crippen LogP) is 3.40. The first-order valence-electron chi connectivity index (χ1n) is 11.1. The van der Waals surface area contributed by atoms with Gasteiger partial charge in [0.25, 0.3) is 5.91 Å². The minimum absolute atomic E-state index is 0.202. The van der Waals surface area contributed by atoms with E-state index in [1.165, 1.54) is 6.21 Å². The summed E-state index contributed by atoms with van der Waals surface area (Å²) >= 11 is 0. The fraction of sp³-hybridized carbons (Fsp3) is 0.185. The van der Waals surface area contributed by atoms with Crippen LogP contribution in [0.25, 0.3) is 0 Å². The van der Waals surface area contributed by atoms with Crippen molar-refractivity contribution in [2.24, 2.45) is 5.10 Å². The number of hydrogen-bond donors (Lipinski definition) is 3. The predicted molar refractivity (Wildman–Crippen MR) is 135 cm³/mol. The maximum Gasteiger partial charge on any atom is 0.329 e. The van der Waals surface area contributed by atoms with Gasteiger partial charge >= 0.3 is 11.8 Å². The smallest absolute Gasteiger partial charge is 0.329 e. The lowest BCUT2D eigenvalue weighted by Crippen LogP contribution is -2.37. The summed E-state index contributed by atoms with van der Waals surface area (Å²) in [5.74, 6) is -1.58. The van der Waals surface area contributed by atoms with Gasteiger partial charge in [-0.2, -0.15) is 5.10 Å². The molecule has 3 amide bonds. The van der Waals surface area contributed by atoms with Crippen LogP contribution in [-0.2, 0) is 20.9 Å². The molecule has 0 saturated heterocycles. The number of ether oxygens (including phenoxy) is 1. The van der Waals surface area contributed by atoms with Crippen LogP contribution in [0.15, 0.2) is 71.8 Å². The van der Waals surface area contributed by atoms with Crippen molar-refractivity contribution >= 4 is 29.6 Å². The van der Waals surface area contributed by atoms with Crippen LogP contribution in [0, 0.1) is 20.8 Å². The number of carbonyl (C=O) groups excluding carboxylic acids is 3. The molecule has 0 saturated carbocycles. The van der Waals surface area contributed by atoms with Crippen LogP contribution in [-0.4, -0.2) is 30.5 Å². The summed E-state index contributed by atoms with van der Waals surface area (Å²) in [6, 6.07) is 20.3. The number of anilines is 1. The van der Waals surface area contributed by atoms with Gasteiger partial charge in [0.2, 0.25) is 0 Å². The van der Waals surface area contributed by atoms with E-state index in [9.17, 15) is 14.4 Å². The standard InChI is InChI=1S/C27H28N4O4/c1-18-9-12-21(13-10-18)15-28-26(33)27(34)31-29-16-22-6-4-5-7-24(22)35-17-25(32)30-23-14-19(2)8-11-20(23)3/h4-14,16H,15,17H2,1-3H3,(H,28,33)(H,30,32)(H,31,34)/b29-16-. The lowest BCUT2D eigenvalue weighted by molar-refractivity contribution is -0.139. The van der Waals surface area contributed by atoms with Crippen molar-refractivity contribution in [3.05, 3.63) is 94.5 Å². The third-order valence-corrected chi connectivity index (χ3v) is 5.09. The normalized spacial score (nSPS) is 10.6. The number of nitrogens with one attached hydrogen (secondary N) is 3. The van der Waals surface area contributed by atoms with Crippen molar-refractivity contribution in [2.45, 2.75) is 27.3 Å². The average Bonchev–Trinajstić information content (AvgIpc) is 2.85. The molecule has 0 fully saturated rings. The molecule has 8 heteroatoms. The number of nitrogens with zero attached hydrogens (tertiary/aromatic N) is 1. The highest BCUT2D eigenvalue weighted by Gasteiger charge is 2.12. The zero-order valence-electron chi connectivity index (χ0n) is 19.9. The van der Waals surface area contributed by atoms with Gasteiger partial charge in [-0.05, 0) is 55.7 Å². The Labute approximate surface area is 204 Å². The first-order valence-corrected chi connectivity index (χ1v) is 11.1. The Morgan fingerprint density at radius 3 is 2.37 bits per heavy atom. The maximum absolute atomic E-state index is 12.3. The monoisotopic (exact) mass is 472 g/mol. The molecular weight excluding hydrogens is 444 g/mol. The molecule has 0 aliphatic carbocycles. The second-order valence-electron chi connectivity index (χ2n) is 8.06. The number of para-hydroxylation sites is 1. The van der Waals surface area contributed by atoms with Gasteiger partial charge in [-0.1, -0.05) is 54.1 Å². The van der Waals surface area contributed by atoms with Crippen LogP contribution in [0.3, 0.4) is 0 Å². The second kappa shape index (κ2) is 12.1. The topological polar surface area (TPSA) is 109 Å². The Kier molecular flexibility index (Phi) is 8.72. The fourth-order valence-corrected chi connectivity index (χ4v) is 3.10. The van der Waals surface area contributed by atoms with Gasteiger partial charge < -0.3 is 15.4 Å². The van der Waals surface area contributed by atoms with Crippen LogP contribution >= 0.6 is 0 Å². The van der Waals surface area contributed by atoms with E-state index < -0.39 is 11.8 Å². The van der Waals surface area contributed by atoms with Gasteiger partial charge in [0.15, 0.2) is 6.61 Å². The van der Waals surface area contributed by atoms with E-state index in [4.69, 9.17) is 4.74 Å². The van der Waals surface area contributed by atoms with Crippen molar-refractivity contribution in [1.82, 2.24) is 10.7 Å². The number of hydrogen-bond acceptors (Lipinski definition) is 5. The molecule has 3 rings (SSSR count). The Morgan fingerprint density at radius 2 is 1.60 bits per heavy atom. The number of rotatable bonds is 8. The first-order chi connectivity index (χ1) is 16.8. The number of amides is 3. The van der Waals surface area contributed by atoms with Gasteiger partial charge in [0.05, 0.1) is 6.21 Å². The number of carbonyl (C=O) groups is 3. The van der Waals surface area contributed by atoms with E-state index in [0.717, 1.165) is 27.9 Å². The molecule has 0 aliphatic rings. The number of hydrazone groups is 1. The summed E-state index contributed by atoms with van der Waals surface area (Å²) < 4.78 is 5.65. The van der Waals surface area contributed by atoms with E-state index >= 15 is 0 Å². The quantitative estimate of drug-likeness (QED) is 0.265. The molecule has 0 aliphatic heterocycles. The zero-order chi connectivity index (χ0) is 25.2. The number of benzene rings is 3. The van der Waals surface area contributed by atoms with Crippen molar-refractivity contribution in [1.29, 1.82) is 0 Å². The second-order valence-corrected chi connectivity index (χ2v) is 8.06. The summed E-state index contributed by atoms with van der Waals surface area (Å²) in [6.07, 6.45) is 1.35. The average molecular weight is 473 g/mol. The van der Waals surface area contributed by atoms with Gasteiger partial charge in [0, 0.05) is 17.8 Å². The SMILES string of the molecule is Cc1ccc(CNC(=O)C(=O)N/N=C\c2ccccc2OCC(=O)Nc2cc(C)ccc2C)cc1. The van der Waals surface area contributed by atoms with E-state index in [-0.39, 0.29) is 19.1 Å². The molecule has 3 N–H and O–H groups in total. The Balaban J connectivity index is 1.50. The molecule has 0 heterocycles. The molecule has 3 aromatic carbocycles. The lowest BCUT2D eigenvalue weighted by atomic mass is 10.1. The van der Waals surface area contributed by atoms with Crippen molar-refractivity contribution in [3.8, 4) is 5.75 Å². The van der Waals surface area contributed by atoms with Crippen molar-refractivity contribution in [3.63, 3.8) is 0 Å². The van der Waals surface area contributed by atoms with Gasteiger partial charge in [-0.3, -0.25) is 14.4 Å². The van der Waals surface area contributed by atoms with Crippen molar-refractivity contribution in [2.75, 3.05) is 11.9 Å². The third-order valence-electron chi connectivity index (χ3n) is 5.09. The fourth-order valence-electron chi connectivity index (χ4n) is 3.10. The summed E-state index contributed by atoms with van der Waals surface area (Å²) in [4.78, 5) is 36.4. The molecule has 35 heavy (non-hydrogen) atoms. The minimum atomic E-state index is -0.889. The number of aryl methyl sites for hydroxylation is 3. The molecule has 0 radical (unpaired) electrons. The zero-order valence-corrected chi connectivity index (χ0v) is 19.9. The molecule has 3 aromatic rings. The summed E-state index contributed by atoms with van der Waals surface area (Å²) in [5.41, 5.74) is 7.45. The lowest BCUT2D eigenvalue weighted by Gasteiger charge is -2.11. The molecule has 8 nitrogen and oxygen atoms in total. The molecular formula is C27H28N4O4. The van der Waals surface area contributed by atoms with E-state index in [1.54, 1.807) is 24.3 Å². The van der Waals surface area contributed by atoms with Gasteiger partial charge in [-0.15, -0.1) is 0 Å². The summed E-state index contributed by atoms with van der Waals surface area (Å²) in [7, 11) is 0. The third kappa shape index (κ3) is 7.82. The Bertz CT molecular complexity index is 1240.